The molecule has 0 spiro atoms. The van der Waals surface area contributed by atoms with Crippen molar-refractivity contribution >= 4 is 29.1 Å². The van der Waals surface area contributed by atoms with Crippen LogP contribution in [0.25, 0.3) is 0 Å². The predicted molar refractivity (Wildman–Crippen MR) is 90.8 cm³/mol. The Kier molecular flexibility index (Phi) is 4.61. The van der Waals surface area contributed by atoms with Gasteiger partial charge in [-0.3, -0.25) is 0 Å². The van der Waals surface area contributed by atoms with Gasteiger partial charge in [0.2, 0.25) is 0 Å². The first-order valence-corrected chi connectivity index (χ1v) is 8.55. The van der Waals surface area contributed by atoms with Crippen molar-refractivity contribution < 1.29 is 4.74 Å². The molecule has 0 saturated carbocycles. The lowest BCUT2D eigenvalue weighted by atomic mass is 10.0. The first-order valence-electron chi connectivity index (χ1n) is 7.18. The average Bonchev–Trinajstić information content (AvgIpc) is 2.51. The number of ether oxygens (including phenoxy) is 1. The first-order chi connectivity index (χ1) is 10.3. The minimum atomic E-state index is 0.344. The van der Waals surface area contributed by atoms with Crippen LogP contribution in [0, 0.1) is 0 Å². The van der Waals surface area contributed by atoms with Crippen LogP contribution in [0.5, 0.6) is 5.75 Å². The molecule has 1 atom stereocenters. The zero-order valence-electron chi connectivity index (χ0n) is 11.9. The fourth-order valence-electron chi connectivity index (χ4n) is 2.56. The van der Waals surface area contributed by atoms with Gasteiger partial charge in [0.1, 0.15) is 5.75 Å². The molecule has 2 nitrogen and oxygen atoms in total. The molecule has 3 rings (SSSR count). The van der Waals surface area contributed by atoms with Gasteiger partial charge in [0.15, 0.2) is 0 Å². The third-order valence-electron chi connectivity index (χ3n) is 3.53. The van der Waals surface area contributed by atoms with E-state index in [2.05, 4.69) is 29.6 Å². The molecule has 0 aliphatic carbocycles. The molecule has 1 aliphatic rings. The van der Waals surface area contributed by atoms with Gasteiger partial charge in [0, 0.05) is 16.3 Å². The lowest BCUT2D eigenvalue weighted by Crippen LogP contribution is -2.15. The van der Waals surface area contributed by atoms with E-state index in [1.54, 1.807) is 0 Å². The van der Waals surface area contributed by atoms with Crippen LogP contribution in [0.3, 0.4) is 0 Å². The molecule has 21 heavy (non-hydrogen) atoms. The quantitative estimate of drug-likeness (QED) is 0.816. The number of hydrogen-bond donors (Lipinski definition) is 1. The molecule has 1 aliphatic heterocycles. The van der Waals surface area contributed by atoms with Crippen molar-refractivity contribution in [2.75, 3.05) is 17.7 Å². The number of hydrogen-bond acceptors (Lipinski definition) is 3. The fraction of sp³-hybridized carbons (Fsp3) is 0.294. The van der Waals surface area contributed by atoms with Gasteiger partial charge in [-0.15, -0.1) is 11.8 Å². The van der Waals surface area contributed by atoms with E-state index in [1.165, 1.54) is 10.5 Å². The smallest absolute Gasteiger partial charge is 0.138 e. The highest BCUT2D eigenvalue weighted by Crippen LogP contribution is 2.38. The van der Waals surface area contributed by atoms with Crippen LogP contribution in [-0.2, 0) is 0 Å². The van der Waals surface area contributed by atoms with Crippen molar-refractivity contribution in [3.63, 3.8) is 0 Å². The van der Waals surface area contributed by atoms with Crippen LogP contribution < -0.4 is 10.1 Å². The van der Waals surface area contributed by atoms with Crippen LogP contribution in [0.1, 0.15) is 24.9 Å². The van der Waals surface area contributed by atoms with Crippen molar-refractivity contribution in [3.05, 3.63) is 53.1 Å². The SMILES string of the molecule is CCOc1ccc(NC2CCSc3ccccc32)cc1Cl. The van der Waals surface area contributed by atoms with Crippen LogP contribution >= 0.6 is 23.4 Å². The number of halogens is 1. The summed E-state index contributed by atoms with van der Waals surface area (Å²) < 4.78 is 5.47. The summed E-state index contributed by atoms with van der Waals surface area (Å²) in [4.78, 5) is 1.37. The van der Waals surface area contributed by atoms with Gasteiger partial charge in [-0.05, 0) is 43.2 Å². The molecular formula is C17H18ClNOS. The maximum absolute atomic E-state index is 6.26. The Balaban J connectivity index is 1.80. The lowest BCUT2D eigenvalue weighted by Gasteiger charge is -2.27. The molecular weight excluding hydrogens is 302 g/mol. The molecule has 0 radical (unpaired) electrons. The Labute approximate surface area is 134 Å². The predicted octanol–water partition coefficient (Wildman–Crippen LogP) is 5.39. The van der Waals surface area contributed by atoms with Crippen LogP contribution in [-0.4, -0.2) is 12.4 Å². The molecule has 1 heterocycles. The Morgan fingerprint density at radius 3 is 2.95 bits per heavy atom. The standard InChI is InChI=1S/C17H18ClNOS/c1-2-20-16-8-7-12(11-14(16)18)19-15-9-10-21-17-6-4-3-5-13(15)17/h3-8,11,15,19H,2,9-10H2,1H3. The third kappa shape index (κ3) is 3.30. The Bertz CT molecular complexity index is 632. The van der Waals surface area contributed by atoms with Crippen molar-refractivity contribution in [1.29, 1.82) is 0 Å². The highest BCUT2D eigenvalue weighted by Gasteiger charge is 2.20. The van der Waals surface area contributed by atoms with Crippen LogP contribution in [0.4, 0.5) is 5.69 Å². The number of nitrogens with one attached hydrogen (secondary N) is 1. The topological polar surface area (TPSA) is 21.3 Å². The van der Waals surface area contributed by atoms with E-state index in [-0.39, 0.29) is 0 Å². The largest absolute Gasteiger partial charge is 0.492 e. The molecule has 0 bridgehead atoms. The molecule has 0 saturated heterocycles. The summed E-state index contributed by atoms with van der Waals surface area (Å²) >= 11 is 8.19. The van der Waals surface area contributed by atoms with Crippen LogP contribution in [0.2, 0.25) is 5.02 Å². The molecule has 0 fully saturated rings. The highest BCUT2D eigenvalue weighted by atomic mass is 35.5. The highest BCUT2D eigenvalue weighted by molar-refractivity contribution is 7.99. The number of thioether (sulfide) groups is 1. The number of rotatable bonds is 4. The van der Waals surface area contributed by atoms with Gasteiger partial charge < -0.3 is 10.1 Å². The zero-order chi connectivity index (χ0) is 14.7. The molecule has 4 heteroatoms. The summed E-state index contributed by atoms with van der Waals surface area (Å²) in [5.41, 5.74) is 2.41. The van der Waals surface area contributed by atoms with E-state index in [1.807, 2.05) is 36.9 Å². The molecule has 2 aromatic rings. The second-order valence-electron chi connectivity index (χ2n) is 4.95. The van der Waals surface area contributed by atoms with E-state index in [0.717, 1.165) is 23.6 Å². The van der Waals surface area contributed by atoms with E-state index >= 15 is 0 Å². The summed E-state index contributed by atoms with van der Waals surface area (Å²) in [6, 6.07) is 14.8. The molecule has 1 unspecified atom stereocenters. The van der Waals surface area contributed by atoms with Gasteiger partial charge in [-0.2, -0.15) is 0 Å². The molecule has 2 aromatic carbocycles. The molecule has 110 valence electrons. The number of fused-ring (bicyclic) bond motifs is 1. The van der Waals surface area contributed by atoms with Gasteiger partial charge in [-0.25, -0.2) is 0 Å². The Hall–Kier alpha value is -1.32. The third-order valence-corrected chi connectivity index (χ3v) is 4.95. The Morgan fingerprint density at radius 2 is 2.14 bits per heavy atom. The van der Waals surface area contributed by atoms with Gasteiger partial charge in [-0.1, -0.05) is 29.8 Å². The normalized spacial score (nSPS) is 17.1. The molecule has 0 amide bonds. The van der Waals surface area contributed by atoms with Gasteiger partial charge in [0.05, 0.1) is 17.7 Å². The summed E-state index contributed by atoms with van der Waals surface area (Å²) in [6.07, 6.45) is 1.12. The molecule has 1 N–H and O–H groups in total. The summed E-state index contributed by atoms with van der Waals surface area (Å²) in [7, 11) is 0. The van der Waals surface area contributed by atoms with Crippen LogP contribution in [0.15, 0.2) is 47.4 Å². The lowest BCUT2D eigenvalue weighted by molar-refractivity contribution is 0.340. The van der Waals surface area contributed by atoms with Crippen molar-refractivity contribution in [3.8, 4) is 5.75 Å². The zero-order valence-corrected chi connectivity index (χ0v) is 13.5. The van der Waals surface area contributed by atoms with E-state index in [4.69, 9.17) is 16.3 Å². The Morgan fingerprint density at radius 1 is 1.29 bits per heavy atom. The minimum Gasteiger partial charge on any atom is -0.492 e. The number of benzene rings is 2. The minimum absolute atomic E-state index is 0.344. The van der Waals surface area contributed by atoms with E-state index in [0.29, 0.717) is 17.7 Å². The summed E-state index contributed by atoms with van der Waals surface area (Å²) in [6.45, 7) is 2.58. The van der Waals surface area contributed by atoms with Crippen molar-refractivity contribution in [2.24, 2.45) is 0 Å². The maximum Gasteiger partial charge on any atom is 0.138 e. The first kappa shape index (κ1) is 14.6. The summed E-state index contributed by atoms with van der Waals surface area (Å²) in [5, 5.41) is 4.25. The second kappa shape index (κ2) is 6.63. The maximum atomic E-state index is 6.26. The van der Waals surface area contributed by atoms with E-state index in [9.17, 15) is 0 Å². The fourth-order valence-corrected chi connectivity index (χ4v) is 3.92. The van der Waals surface area contributed by atoms with Crippen molar-refractivity contribution in [1.82, 2.24) is 0 Å². The average molecular weight is 320 g/mol. The monoisotopic (exact) mass is 319 g/mol. The van der Waals surface area contributed by atoms with Gasteiger partial charge >= 0.3 is 0 Å². The van der Waals surface area contributed by atoms with Crippen molar-refractivity contribution in [2.45, 2.75) is 24.3 Å². The number of anilines is 1. The summed E-state index contributed by atoms with van der Waals surface area (Å²) in [5.74, 6) is 1.88. The van der Waals surface area contributed by atoms with Gasteiger partial charge in [0.25, 0.3) is 0 Å². The van der Waals surface area contributed by atoms with E-state index < -0.39 is 0 Å². The molecule has 0 aromatic heterocycles. The second-order valence-corrected chi connectivity index (χ2v) is 6.49.